The SMILES string of the molecule is C.CP=O.C[PH](C)=O. The molecule has 0 radical (unpaired) electrons. The molecule has 0 aromatic heterocycles. The Morgan fingerprint density at radius 3 is 1.38 bits per heavy atom. The molecule has 0 heterocycles. The van der Waals surface area contributed by atoms with Crippen molar-refractivity contribution in [3.8, 4) is 0 Å². The molecule has 0 atom stereocenters. The molecule has 0 rings (SSSR count). The van der Waals surface area contributed by atoms with E-state index in [2.05, 4.69) is 0 Å². The van der Waals surface area contributed by atoms with E-state index in [4.69, 9.17) is 4.57 Å². The van der Waals surface area contributed by atoms with E-state index in [0.29, 0.717) is 0 Å². The molecule has 0 saturated heterocycles. The quantitative estimate of drug-likeness (QED) is 0.504. The fourth-order valence-electron chi connectivity index (χ4n) is 0. The highest BCUT2D eigenvalue weighted by Crippen LogP contribution is 2.00. The lowest BCUT2D eigenvalue weighted by Gasteiger charge is -1.59. The van der Waals surface area contributed by atoms with Gasteiger partial charge >= 0.3 is 0 Å². The zero-order valence-electron chi connectivity index (χ0n) is 4.76. The normalized spacial score (nSPS) is 7.00. The standard InChI is InChI=1S/C2H7OP.CH3OP.CH4/c1-4(2)3;1-3-2;/h4H,1-2H3;1H3;1H4. The number of hydrogen-bond donors (Lipinski definition) is 0. The van der Waals surface area contributed by atoms with Gasteiger partial charge in [-0.25, -0.2) is 0 Å². The van der Waals surface area contributed by atoms with Gasteiger partial charge in [0.1, 0.15) is 0 Å². The monoisotopic (exact) mass is 156 g/mol. The molecule has 2 nitrogen and oxygen atoms in total. The Bertz CT molecular complexity index is 59.1. The van der Waals surface area contributed by atoms with E-state index in [1.807, 2.05) is 0 Å². The lowest BCUT2D eigenvalue weighted by atomic mass is 11.9. The first-order chi connectivity index (χ1) is 3.15. The van der Waals surface area contributed by atoms with E-state index in [1.54, 1.807) is 20.0 Å². The molecule has 0 saturated carbocycles. The molecule has 0 spiro atoms. The Labute approximate surface area is 53.7 Å². The summed E-state index contributed by atoms with van der Waals surface area (Å²) in [5, 5.41) is 0. The molecule has 8 heavy (non-hydrogen) atoms. The van der Waals surface area contributed by atoms with Crippen molar-refractivity contribution in [2.75, 3.05) is 20.0 Å². The minimum absolute atomic E-state index is 0. The first kappa shape index (κ1) is 15.8. The summed E-state index contributed by atoms with van der Waals surface area (Å²) in [5.74, 6) is 0. The van der Waals surface area contributed by atoms with Gasteiger partial charge in [-0.05, 0) is 13.3 Å². The van der Waals surface area contributed by atoms with Crippen molar-refractivity contribution in [1.29, 1.82) is 0 Å². The topological polar surface area (TPSA) is 34.1 Å². The lowest BCUT2D eigenvalue weighted by molar-refractivity contribution is 0.594. The zero-order chi connectivity index (χ0) is 6.28. The van der Waals surface area contributed by atoms with Gasteiger partial charge in [0.25, 0.3) is 0 Å². The van der Waals surface area contributed by atoms with E-state index in [0.717, 1.165) is 0 Å². The van der Waals surface area contributed by atoms with Gasteiger partial charge in [0.05, 0.1) is 7.80 Å². The molecule has 0 unspecified atom stereocenters. The van der Waals surface area contributed by atoms with Crippen molar-refractivity contribution < 1.29 is 9.13 Å². The summed E-state index contributed by atoms with van der Waals surface area (Å²) >= 11 is 0. The molecule has 0 aliphatic carbocycles. The molecular weight excluding hydrogens is 142 g/mol. The Kier molecular flexibility index (Phi) is 30.8. The van der Waals surface area contributed by atoms with Crippen LogP contribution in [0.5, 0.6) is 0 Å². The van der Waals surface area contributed by atoms with Gasteiger partial charge < -0.3 is 4.57 Å². The molecule has 0 bridgehead atoms. The largest absolute Gasteiger partial charge is 0.327 e. The fraction of sp³-hybridized carbons (Fsp3) is 1.00. The van der Waals surface area contributed by atoms with E-state index < -0.39 is 7.80 Å². The van der Waals surface area contributed by atoms with Crippen molar-refractivity contribution in [2.45, 2.75) is 7.43 Å². The lowest BCUT2D eigenvalue weighted by Crippen LogP contribution is -1.33. The van der Waals surface area contributed by atoms with E-state index in [1.165, 1.54) is 0 Å². The minimum atomic E-state index is -1.13. The average molecular weight is 156 g/mol. The number of rotatable bonds is 0. The third-order valence-electron chi connectivity index (χ3n) is 0. The first-order valence-corrected chi connectivity index (χ1v) is 5.50. The van der Waals surface area contributed by atoms with Gasteiger partial charge in [0.2, 0.25) is 0 Å². The molecule has 0 fully saturated rings. The van der Waals surface area contributed by atoms with Gasteiger partial charge in [-0.1, -0.05) is 7.43 Å². The van der Waals surface area contributed by atoms with Crippen LogP contribution in [0.1, 0.15) is 7.43 Å². The van der Waals surface area contributed by atoms with Crippen LogP contribution in [0.25, 0.3) is 0 Å². The Morgan fingerprint density at radius 2 is 1.38 bits per heavy atom. The molecule has 0 N–H and O–H groups in total. The van der Waals surface area contributed by atoms with Gasteiger partial charge in [-0.2, -0.15) is 0 Å². The van der Waals surface area contributed by atoms with E-state index in [-0.39, 0.29) is 15.9 Å². The number of hydrogen-bond acceptors (Lipinski definition) is 2. The summed E-state index contributed by atoms with van der Waals surface area (Å²) in [5.41, 5.74) is 0. The van der Waals surface area contributed by atoms with Crippen molar-refractivity contribution in [3.63, 3.8) is 0 Å². The molecular formula is C4H14O2P2. The van der Waals surface area contributed by atoms with Gasteiger partial charge in [0, 0.05) is 6.66 Å². The van der Waals surface area contributed by atoms with Crippen LogP contribution in [0.2, 0.25) is 0 Å². The highest BCUT2D eigenvalue weighted by Gasteiger charge is 1.58. The predicted octanol–water partition coefficient (Wildman–Crippen LogP) is 2.35. The Hall–Kier alpha value is 0.330. The fourth-order valence-corrected chi connectivity index (χ4v) is 0. The van der Waals surface area contributed by atoms with Crippen LogP contribution in [0.4, 0.5) is 0 Å². The maximum absolute atomic E-state index is 9.63. The molecule has 52 valence electrons. The molecule has 0 amide bonds. The summed E-state index contributed by atoms with van der Waals surface area (Å²) in [6.45, 7) is 4.97. The van der Waals surface area contributed by atoms with Crippen molar-refractivity contribution in [3.05, 3.63) is 0 Å². The highest BCUT2D eigenvalue weighted by molar-refractivity contribution is 7.42. The van der Waals surface area contributed by atoms with Crippen LogP contribution in [-0.2, 0) is 9.13 Å². The minimum Gasteiger partial charge on any atom is -0.327 e. The average Bonchev–Trinajstić information content (AvgIpc) is 1.33. The maximum Gasteiger partial charge on any atom is 0.151 e. The second kappa shape index (κ2) is 15.7. The highest BCUT2D eigenvalue weighted by atomic mass is 31.1. The van der Waals surface area contributed by atoms with Crippen molar-refractivity contribution in [1.82, 2.24) is 0 Å². The maximum atomic E-state index is 9.63. The molecule has 0 aliphatic heterocycles. The summed E-state index contributed by atoms with van der Waals surface area (Å²) in [4.78, 5) is 0. The third-order valence-corrected chi connectivity index (χ3v) is 0. The van der Waals surface area contributed by atoms with Crippen LogP contribution in [-0.4, -0.2) is 20.0 Å². The Balaban J connectivity index is -0.0000000575. The van der Waals surface area contributed by atoms with Crippen LogP contribution < -0.4 is 0 Å². The van der Waals surface area contributed by atoms with Crippen molar-refractivity contribution in [2.24, 2.45) is 0 Å². The van der Waals surface area contributed by atoms with Crippen LogP contribution in [0.3, 0.4) is 0 Å². The van der Waals surface area contributed by atoms with E-state index in [9.17, 15) is 4.57 Å². The molecule has 0 aromatic carbocycles. The first-order valence-electron chi connectivity index (χ1n) is 1.83. The summed E-state index contributed by atoms with van der Waals surface area (Å²) in [6, 6.07) is 0. The Morgan fingerprint density at radius 1 is 1.38 bits per heavy atom. The van der Waals surface area contributed by atoms with E-state index >= 15 is 0 Å². The predicted molar refractivity (Wildman–Crippen MR) is 41.1 cm³/mol. The molecule has 4 heteroatoms. The van der Waals surface area contributed by atoms with Crippen molar-refractivity contribution >= 4 is 16.3 Å². The van der Waals surface area contributed by atoms with Gasteiger partial charge in [0.15, 0.2) is 8.46 Å². The van der Waals surface area contributed by atoms with Gasteiger partial charge in [-0.3, -0.25) is 4.57 Å². The second-order valence-electron chi connectivity index (χ2n) is 1.09. The molecule has 0 aromatic rings. The summed E-state index contributed by atoms with van der Waals surface area (Å²) in [7, 11) is -0.963. The summed E-state index contributed by atoms with van der Waals surface area (Å²) < 4.78 is 18.5. The van der Waals surface area contributed by atoms with Crippen LogP contribution in [0.15, 0.2) is 0 Å². The van der Waals surface area contributed by atoms with Crippen LogP contribution in [0, 0.1) is 0 Å². The summed E-state index contributed by atoms with van der Waals surface area (Å²) in [6.07, 6.45) is 0. The molecule has 0 aliphatic rings. The zero-order valence-corrected chi connectivity index (χ0v) is 6.66. The second-order valence-corrected chi connectivity index (χ2v) is 3.27. The van der Waals surface area contributed by atoms with Gasteiger partial charge in [-0.15, -0.1) is 0 Å². The smallest absolute Gasteiger partial charge is 0.151 e. The van der Waals surface area contributed by atoms with Crippen LogP contribution >= 0.6 is 16.3 Å². The third kappa shape index (κ3) is 1650.